The molecule has 0 aliphatic carbocycles. The number of nitrogens with zero attached hydrogens (tertiary/aromatic N) is 2. The van der Waals surface area contributed by atoms with E-state index < -0.39 is 10.0 Å². The predicted molar refractivity (Wildman–Crippen MR) is 74.5 cm³/mol. The van der Waals surface area contributed by atoms with Crippen molar-refractivity contribution in [2.24, 2.45) is 0 Å². The summed E-state index contributed by atoms with van der Waals surface area (Å²) in [5.74, 6) is 0.457. The molecule has 0 bridgehead atoms. The average Bonchev–Trinajstić information content (AvgIpc) is 2.39. The molecule has 1 saturated heterocycles. The van der Waals surface area contributed by atoms with Crippen molar-refractivity contribution < 1.29 is 8.42 Å². The number of aromatic nitrogens is 1. The van der Waals surface area contributed by atoms with E-state index in [0.717, 1.165) is 32.4 Å². The zero-order chi connectivity index (χ0) is 13.9. The monoisotopic (exact) mass is 304 g/mol. The number of hydrogen-bond acceptors (Lipinski definition) is 5. The minimum atomic E-state index is -3.61. The molecule has 1 aliphatic rings. The van der Waals surface area contributed by atoms with Crippen molar-refractivity contribution in [1.29, 1.82) is 0 Å². The molecule has 0 unspecified atom stereocenters. The molecule has 0 radical (unpaired) electrons. The standard InChI is InChI=1S/C11H17ClN4O2S/c1-13-11-10(12)7-9(8-14-11)19(17,18)15-16-5-3-2-4-6-16/h7-8,15H,2-6H2,1H3,(H,13,14). The highest BCUT2D eigenvalue weighted by atomic mass is 35.5. The van der Waals surface area contributed by atoms with Gasteiger partial charge in [0.2, 0.25) is 0 Å². The number of rotatable bonds is 4. The van der Waals surface area contributed by atoms with Crippen molar-refractivity contribution in [2.45, 2.75) is 24.2 Å². The molecule has 106 valence electrons. The Morgan fingerprint density at radius 1 is 1.32 bits per heavy atom. The van der Waals surface area contributed by atoms with Gasteiger partial charge in [0.1, 0.15) is 10.7 Å². The first-order valence-electron chi connectivity index (χ1n) is 6.13. The third-order valence-electron chi connectivity index (χ3n) is 2.97. The van der Waals surface area contributed by atoms with Crippen molar-refractivity contribution in [1.82, 2.24) is 14.8 Å². The highest BCUT2D eigenvalue weighted by molar-refractivity contribution is 7.89. The Kier molecular flexibility index (Phi) is 4.62. The van der Waals surface area contributed by atoms with E-state index in [1.165, 1.54) is 12.3 Å². The lowest BCUT2D eigenvalue weighted by atomic mass is 10.2. The summed E-state index contributed by atoms with van der Waals surface area (Å²) in [6.07, 6.45) is 4.44. The molecule has 8 heteroatoms. The lowest BCUT2D eigenvalue weighted by molar-refractivity contribution is 0.200. The molecule has 1 aliphatic heterocycles. The van der Waals surface area contributed by atoms with Gasteiger partial charge in [0.05, 0.1) is 5.02 Å². The second-order valence-electron chi connectivity index (χ2n) is 4.39. The molecule has 0 aromatic carbocycles. The molecule has 1 aromatic rings. The lowest BCUT2D eigenvalue weighted by Gasteiger charge is -2.26. The zero-order valence-corrected chi connectivity index (χ0v) is 12.3. The van der Waals surface area contributed by atoms with Gasteiger partial charge >= 0.3 is 0 Å². The van der Waals surface area contributed by atoms with Gasteiger partial charge in [-0.25, -0.2) is 18.4 Å². The Morgan fingerprint density at radius 2 is 2.00 bits per heavy atom. The maximum Gasteiger partial charge on any atom is 0.255 e. The highest BCUT2D eigenvalue weighted by Crippen LogP contribution is 2.22. The summed E-state index contributed by atoms with van der Waals surface area (Å²) in [7, 11) is -1.93. The van der Waals surface area contributed by atoms with Crippen LogP contribution in [0.4, 0.5) is 5.82 Å². The number of pyridine rings is 1. The first-order valence-corrected chi connectivity index (χ1v) is 8.00. The zero-order valence-electron chi connectivity index (χ0n) is 10.7. The molecule has 2 heterocycles. The minimum Gasteiger partial charge on any atom is -0.372 e. The molecular formula is C11H17ClN4O2S. The number of anilines is 1. The minimum absolute atomic E-state index is 0.0714. The van der Waals surface area contributed by atoms with Crippen LogP contribution >= 0.6 is 11.6 Å². The number of piperidine rings is 1. The third-order valence-corrected chi connectivity index (χ3v) is 4.60. The maximum atomic E-state index is 12.2. The Labute approximate surface area is 118 Å². The van der Waals surface area contributed by atoms with E-state index in [4.69, 9.17) is 11.6 Å². The van der Waals surface area contributed by atoms with Crippen LogP contribution in [-0.4, -0.2) is 38.5 Å². The predicted octanol–water partition coefficient (Wildman–Crippen LogP) is 1.46. The van der Waals surface area contributed by atoms with E-state index in [9.17, 15) is 8.42 Å². The Hall–Kier alpha value is -0.890. The summed E-state index contributed by atoms with van der Waals surface area (Å²) < 4.78 is 24.4. The van der Waals surface area contributed by atoms with Crippen LogP contribution in [0.1, 0.15) is 19.3 Å². The molecule has 0 atom stereocenters. The van der Waals surface area contributed by atoms with Crippen molar-refractivity contribution in [3.8, 4) is 0 Å². The highest BCUT2D eigenvalue weighted by Gasteiger charge is 2.21. The number of halogens is 1. The first-order chi connectivity index (χ1) is 9.03. The van der Waals surface area contributed by atoms with Gasteiger partial charge in [0.15, 0.2) is 0 Å². The van der Waals surface area contributed by atoms with Gasteiger partial charge in [-0.2, -0.15) is 0 Å². The topological polar surface area (TPSA) is 74.3 Å². The Balaban J connectivity index is 2.16. The van der Waals surface area contributed by atoms with Gasteiger partial charge in [0, 0.05) is 26.3 Å². The van der Waals surface area contributed by atoms with Crippen molar-refractivity contribution >= 4 is 27.4 Å². The van der Waals surface area contributed by atoms with E-state index in [1.54, 1.807) is 12.1 Å². The molecule has 6 nitrogen and oxygen atoms in total. The summed E-state index contributed by atoms with van der Waals surface area (Å²) in [6.45, 7) is 1.46. The number of hydrazine groups is 1. The summed E-state index contributed by atoms with van der Waals surface area (Å²) in [6, 6.07) is 1.40. The fraction of sp³-hybridized carbons (Fsp3) is 0.545. The molecule has 2 rings (SSSR count). The van der Waals surface area contributed by atoms with E-state index in [1.807, 2.05) is 0 Å². The summed E-state index contributed by atoms with van der Waals surface area (Å²) in [5.41, 5.74) is 0. The van der Waals surface area contributed by atoms with Crippen LogP contribution in [0.25, 0.3) is 0 Å². The molecule has 0 saturated carbocycles. The largest absolute Gasteiger partial charge is 0.372 e. The molecule has 1 fully saturated rings. The Morgan fingerprint density at radius 3 is 2.58 bits per heavy atom. The van der Waals surface area contributed by atoms with E-state index in [0.29, 0.717) is 5.82 Å². The SMILES string of the molecule is CNc1ncc(S(=O)(=O)NN2CCCCC2)cc1Cl. The second-order valence-corrected chi connectivity index (χ2v) is 6.46. The quantitative estimate of drug-likeness (QED) is 0.881. The maximum absolute atomic E-state index is 12.2. The smallest absolute Gasteiger partial charge is 0.255 e. The van der Waals surface area contributed by atoms with Crippen molar-refractivity contribution in [2.75, 3.05) is 25.5 Å². The van der Waals surface area contributed by atoms with Crippen LogP contribution in [0.5, 0.6) is 0 Å². The normalized spacial score (nSPS) is 17.4. The fourth-order valence-corrected chi connectivity index (χ4v) is 3.38. The number of sulfonamides is 1. The van der Waals surface area contributed by atoms with Gasteiger partial charge in [-0.3, -0.25) is 0 Å². The van der Waals surface area contributed by atoms with Crippen LogP contribution in [0.2, 0.25) is 5.02 Å². The molecule has 0 spiro atoms. The summed E-state index contributed by atoms with van der Waals surface area (Å²) >= 11 is 5.95. The summed E-state index contributed by atoms with van der Waals surface area (Å²) in [4.78, 5) is 6.61. The van der Waals surface area contributed by atoms with Crippen molar-refractivity contribution in [3.63, 3.8) is 0 Å². The van der Waals surface area contributed by atoms with Gasteiger partial charge in [-0.1, -0.05) is 18.0 Å². The molecule has 1 aromatic heterocycles. The third kappa shape index (κ3) is 3.56. The van der Waals surface area contributed by atoms with Crippen LogP contribution in [0.15, 0.2) is 17.2 Å². The van der Waals surface area contributed by atoms with E-state index in [2.05, 4.69) is 15.1 Å². The van der Waals surface area contributed by atoms with Crippen LogP contribution < -0.4 is 10.1 Å². The second kappa shape index (κ2) is 6.04. The van der Waals surface area contributed by atoms with Gasteiger partial charge < -0.3 is 5.32 Å². The van der Waals surface area contributed by atoms with E-state index in [-0.39, 0.29) is 9.92 Å². The summed E-state index contributed by atoms with van der Waals surface area (Å²) in [5, 5.41) is 4.79. The van der Waals surface area contributed by atoms with Gasteiger partial charge in [-0.15, -0.1) is 4.83 Å². The van der Waals surface area contributed by atoms with Crippen LogP contribution in [-0.2, 0) is 10.0 Å². The van der Waals surface area contributed by atoms with Crippen LogP contribution in [0, 0.1) is 0 Å². The molecule has 2 N–H and O–H groups in total. The van der Waals surface area contributed by atoms with Gasteiger partial charge in [-0.05, 0) is 18.9 Å². The molecular weight excluding hydrogens is 288 g/mol. The van der Waals surface area contributed by atoms with Crippen LogP contribution in [0.3, 0.4) is 0 Å². The molecule has 0 amide bonds. The van der Waals surface area contributed by atoms with Gasteiger partial charge in [0.25, 0.3) is 10.0 Å². The molecule has 19 heavy (non-hydrogen) atoms. The fourth-order valence-electron chi connectivity index (χ4n) is 1.96. The average molecular weight is 305 g/mol. The van der Waals surface area contributed by atoms with E-state index >= 15 is 0 Å². The lowest BCUT2D eigenvalue weighted by Crippen LogP contribution is -2.44. The van der Waals surface area contributed by atoms with Crippen molar-refractivity contribution in [3.05, 3.63) is 17.3 Å². The first kappa shape index (κ1) is 14.5. The Bertz CT molecular complexity index is 544. The number of hydrogen-bond donors (Lipinski definition) is 2. The number of nitrogens with one attached hydrogen (secondary N) is 2.